The average molecular weight is 181 g/mol. The fourth-order valence-electron chi connectivity index (χ4n) is 0.535. The van der Waals surface area contributed by atoms with Crippen molar-refractivity contribution in [2.24, 2.45) is 0 Å². The summed E-state index contributed by atoms with van der Waals surface area (Å²) in [6, 6.07) is 0. The molecule has 0 aliphatic carbocycles. The van der Waals surface area contributed by atoms with Crippen molar-refractivity contribution in [3.8, 4) is 0 Å². The number of aliphatic hydroxyl groups is 4. The normalized spacial score (nSPS) is 23.2. The van der Waals surface area contributed by atoms with Gasteiger partial charge >= 0.3 is 0 Å². The highest BCUT2D eigenvalue weighted by Gasteiger charge is 2.33. The van der Waals surface area contributed by atoms with Gasteiger partial charge in [0, 0.05) is 5.34 Å². The first-order valence-electron chi connectivity index (χ1n) is 3.54. The molecule has 0 spiro atoms. The lowest BCUT2D eigenvalue weighted by atomic mass is 9.97. The Morgan fingerprint density at radius 1 is 1.73 bits per heavy atom. The standard InChI is InChI=1S/C6H12O4S/c1-6(10,3-11)5(9)4(8)2-7/h3-5,7-10H,2H2,1H3/t4-,5+,6+/m1/s1/i3D. The zero-order valence-corrected chi connectivity index (χ0v) is 6.88. The lowest BCUT2D eigenvalue weighted by Gasteiger charge is -2.27. The number of aliphatic hydroxyl groups excluding tert-OH is 3. The van der Waals surface area contributed by atoms with E-state index in [4.69, 9.17) is 16.7 Å². The smallest absolute Gasteiger partial charge is 0.118 e. The molecule has 0 rings (SSSR count). The third kappa shape index (κ3) is 2.80. The summed E-state index contributed by atoms with van der Waals surface area (Å²) in [5.74, 6) is 0. The molecular formula is C6H12O4S. The summed E-state index contributed by atoms with van der Waals surface area (Å²) in [6.45, 7) is 0.409. The zero-order valence-electron chi connectivity index (χ0n) is 7.06. The molecule has 0 heterocycles. The van der Waals surface area contributed by atoms with Crippen molar-refractivity contribution in [3.05, 3.63) is 0 Å². The minimum absolute atomic E-state index is 0.581. The van der Waals surface area contributed by atoms with Gasteiger partial charge in [-0.3, -0.25) is 0 Å². The molecule has 0 aliphatic heterocycles. The number of hydrogen-bond acceptors (Lipinski definition) is 5. The Balaban J connectivity index is 4.44. The van der Waals surface area contributed by atoms with E-state index >= 15 is 0 Å². The van der Waals surface area contributed by atoms with E-state index in [1.807, 2.05) is 0 Å². The maximum atomic E-state index is 9.31. The summed E-state index contributed by atoms with van der Waals surface area (Å²) in [4.78, 5) is 0. The van der Waals surface area contributed by atoms with E-state index < -0.39 is 29.8 Å². The van der Waals surface area contributed by atoms with Crippen LogP contribution in [-0.2, 0) is 0 Å². The maximum absolute atomic E-state index is 9.31. The van der Waals surface area contributed by atoms with E-state index in [0.29, 0.717) is 0 Å². The van der Waals surface area contributed by atoms with Crippen molar-refractivity contribution in [2.45, 2.75) is 24.7 Å². The maximum Gasteiger partial charge on any atom is 0.118 e. The topological polar surface area (TPSA) is 80.9 Å². The molecule has 0 saturated carbocycles. The Labute approximate surface area is 71.5 Å². The largest absolute Gasteiger partial charge is 0.394 e. The minimum Gasteiger partial charge on any atom is -0.394 e. The van der Waals surface area contributed by atoms with Crippen LogP contribution in [0.1, 0.15) is 8.29 Å². The molecule has 5 heteroatoms. The van der Waals surface area contributed by atoms with Gasteiger partial charge in [0.2, 0.25) is 0 Å². The van der Waals surface area contributed by atoms with Gasteiger partial charge in [-0.25, -0.2) is 0 Å². The minimum atomic E-state index is -1.97. The molecule has 4 nitrogen and oxygen atoms in total. The molecule has 4 N–H and O–H groups in total. The van der Waals surface area contributed by atoms with Crippen LogP contribution in [0.25, 0.3) is 0 Å². The highest BCUT2D eigenvalue weighted by molar-refractivity contribution is 7.79. The van der Waals surface area contributed by atoms with Gasteiger partial charge in [0.1, 0.15) is 17.8 Å². The van der Waals surface area contributed by atoms with Crippen molar-refractivity contribution in [2.75, 3.05) is 6.61 Å². The number of hydrogen-bond donors (Lipinski definition) is 4. The van der Waals surface area contributed by atoms with Gasteiger partial charge in [0.05, 0.1) is 7.98 Å². The van der Waals surface area contributed by atoms with Crippen LogP contribution in [0.5, 0.6) is 0 Å². The molecular weight excluding hydrogens is 168 g/mol. The Hall–Kier alpha value is -0.0700. The molecule has 11 heavy (non-hydrogen) atoms. The summed E-state index contributed by atoms with van der Waals surface area (Å²) in [5.41, 5.74) is -1.97. The molecule has 0 radical (unpaired) electrons. The molecule has 0 unspecified atom stereocenters. The predicted octanol–water partition coefficient (Wildman–Crippen LogP) is -1.55. The van der Waals surface area contributed by atoms with Gasteiger partial charge in [-0.15, -0.1) is 0 Å². The quantitative estimate of drug-likeness (QED) is 0.395. The Kier molecular flexibility index (Phi) is 3.35. The van der Waals surface area contributed by atoms with Crippen LogP contribution in [-0.4, -0.2) is 50.2 Å². The van der Waals surface area contributed by atoms with Gasteiger partial charge in [0.15, 0.2) is 0 Å². The molecule has 3 atom stereocenters. The molecule has 0 saturated heterocycles. The van der Waals surface area contributed by atoms with Crippen molar-refractivity contribution in [3.63, 3.8) is 0 Å². The fourth-order valence-corrected chi connectivity index (χ4v) is 0.656. The van der Waals surface area contributed by atoms with Crippen molar-refractivity contribution < 1.29 is 21.8 Å². The first-order chi connectivity index (χ1) is 5.34. The third-order valence-corrected chi connectivity index (χ3v) is 1.75. The van der Waals surface area contributed by atoms with Crippen LogP contribution in [0.15, 0.2) is 0 Å². The van der Waals surface area contributed by atoms with E-state index in [1.54, 1.807) is 0 Å². The monoisotopic (exact) mass is 181 g/mol. The van der Waals surface area contributed by atoms with Crippen LogP contribution in [0.4, 0.5) is 0 Å². The molecule has 0 aromatic carbocycles. The van der Waals surface area contributed by atoms with E-state index in [-0.39, 0.29) is 0 Å². The lowest BCUT2D eigenvalue weighted by Crippen LogP contribution is -2.48. The SMILES string of the molecule is [2H]C(=S)[C@](C)(O)[C@@H](O)[C@H](O)CO. The molecule has 66 valence electrons. The van der Waals surface area contributed by atoms with Gasteiger partial charge in [-0.2, -0.15) is 0 Å². The predicted molar refractivity (Wildman–Crippen MR) is 43.4 cm³/mol. The second-order valence-electron chi connectivity index (χ2n) is 2.44. The number of thiocarbonyl (C=S) groups is 1. The third-order valence-electron chi connectivity index (χ3n) is 1.33. The summed E-state index contributed by atoms with van der Waals surface area (Å²) < 4.78 is 6.91. The highest BCUT2D eigenvalue weighted by Crippen LogP contribution is 2.10. The Bertz CT molecular complexity index is 173. The zero-order chi connectivity index (χ0) is 9.94. The van der Waals surface area contributed by atoms with Gasteiger partial charge in [0.25, 0.3) is 0 Å². The van der Waals surface area contributed by atoms with Crippen LogP contribution in [0, 0.1) is 0 Å². The van der Waals surface area contributed by atoms with E-state index in [9.17, 15) is 5.11 Å². The van der Waals surface area contributed by atoms with Gasteiger partial charge < -0.3 is 20.4 Å². The first kappa shape index (κ1) is 9.02. The fraction of sp³-hybridized carbons (Fsp3) is 0.833. The number of rotatable bonds is 4. The Morgan fingerprint density at radius 2 is 2.18 bits per heavy atom. The van der Waals surface area contributed by atoms with Crippen LogP contribution >= 0.6 is 12.2 Å². The average Bonchev–Trinajstić information content (AvgIpc) is 2.01. The highest BCUT2D eigenvalue weighted by atomic mass is 32.1. The van der Waals surface area contributed by atoms with Crippen molar-refractivity contribution in [1.29, 1.82) is 0 Å². The van der Waals surface area contributed by atoms with Gasteiger partial charge in [-0.05, 0) is 6.92 Å². The summed E-state index contributed by atoms with van der Waals surface area (Å²) in [5, 5.41) is 35.2. The van der Waals surface area contributed by atoms with Crippen molar-refractivity contribution in [1.82, 2.24) is 0 Å². The molecule has 0 fully saturated rings. The first-order valence-corrected chi connectivity index (χ1v) is 3.45. The second-order valence-corrected chi connectivity index (χ2v) is 2.65. The molecule has 0 aliphatic rings. The van der Waals surface area contributed by atoms with E-state index in [2.05, 4.69) is 12.2 Å². The molecule has 0 bridgehead atoms. The van der Waals surface area contributed by atoms with E-state index in [0.717, 1.165) is 6.92 Å². The van der Waals surface area contributed by atoms with E-state index in [1.165, 1.54) is 0 Å². The second kappa shape index (κ2) is 4.08. The van der Waals surface area contributed by atoms with Crippen LogP contribution < -0.4 is 0 Å². The molecule has 0 aromatic rings. The lowest BCUT2D eigenvalue weighted by molar-refractivity contribution is -0.0915. The summed E-state index contributed by atoms with van der Waals surface area (Å²) >= 11 is 4.34. The molecule has 0 amide bonds. The van der Waals surface area contributed by atoms with Crippen LogP contribution in [0.3, 0.4) is 0 Å². The van der Waals surface area contributed by atoms with Crippen LogP contribution in [0.2, 0.25) is 0 Å². The summed E-state index contributed by atoms with van der Waals surface area (Å²) in [6.07, 6.45) is -3.14. The Morgan fingerprint density at radius 3 is 2.45 bits per heavy atom. The van der Waals surface area contributed by atoms with Crippen molar-refractivity contribution >= 4 is 17.6 Å². The molecule has 0 aromatic heterocycles. The van der Waals surface area contributed by atoms with Gasteiger partial charge in [-0.1, -0.05) is 12.2 Å². The summed E-state index contributed by atoms with van der Waals surface area (Å²) in [7, 11) is 0.